The Bertz CT molecular complexity index is 1260. The maximum absolute atomic E-state index is 14.2. The van der Waals surface area contributed by atoms with Crippen LogP contribution < -0.4 is 0 Å². The van der Waals surface area contributed by atoms with Crippen molar-refractivity contribution in [1.82, 2.24) is 0 Å². The Balaban J connectivity index is 2.44. The van der Waals surface area contributed by atoms with Gasteiger partial charge in [0, 0.05) is 7.14 Å². The van der Waals surface area contributed by atoms with Gasteiger partial charge in [0.15, 0.2) is 0 Å². The first kappa shape index (κ1) is 27.7. The fourth-order valence-electron chi connectivity index (χ4n) is 3.60. The van der Waals surface area contributed by atoms with Crippen LogP contribution in [0.15, 0.2) is 54.6 Å². The standard InChI is InChI=1S/C25H18F6I2N2/c1-23(2,3)15-11-18(32)21(19(33)12-15)22(35-34)20-16(24(26,27)28)9-14(10-17(20)25(29,30)31)13-7-5-4-6-8-13/h4-12H,1-3H3. The molecule has 0 fully saturated rings. The predicted molar refractivity (Wildman–Crippen MR) is 139 cm³/mol. The van der Waals surface area contributed by atoms with E-state index >= 15 is 0 Å². The molecule has 0 amide bonds. The molecule has 184 valence electrons. The van der Waals surface area contributed by atoms with Crippen LogP contribution in [-0.4, -0.2) is 10.5 Å². The Morgan fingerprint density at radius 3 is 1.54 bits per heavy atom. The van der Waals surface area contributed by atoms with Gasteiger partial charge in [-0.15, -0.1) is 0 Å². The lowest BCUT2D eigenvalue weighted by molar-refractivity contribution is -0.143. The maximum Gasteiger partial charge on any atom is 0.417 e. The second-order valence-electron chi connectivity index (χ2n) is 8.82. The van der Waals surface area contributed by atoms with Crippen molar-refractivity contribution in [3.8, 4) is 11.1 Å². The molecule has 0 bridgehead atoms. The molecule has 3 aromatic carbocycles. The normalized spacial score (nSPS) is 12.4. The molecule has 0 unspecified atom stereocenters. The van der Waals surface area contributed by atoms with Crippen LogP contribution in [0.3, 0.4) is 0 Å². The van der Waals surface area contributed by atoms with Crippen LogP contribution in [0.5, 0.6) is 0 Å². The highest BCUT2D eigenvalue weighted by Gasteiger charge is 2.46. The van der Waals surface area contributed by atoms with E-state index in [2.05, 4.69) is 4.79 Å². The van der Waals surface area contributed by atoms with Crippen LogP contribution in [0.2, 0.25) is 0 Å². The number of nitrogens with zero attached hydrogens (tertiary/aromatic N) is 2. The first-order valence-electron chi connectivity index (χ1n) is 10.2. The van der Waals surface area contributed by atoms with Crippen LogP contribution in [0.1, 0.15) is 48.6 Å². The largest absolute Gasteiger partial charge is 0.417 e. The van der Waals surface area contributed by atoms with Gasteiger partial charge in [0.05, 0.1) is 22.3 Å². The maximum atomic E-state index is 14.2. The average Bonchev–Trinajstić information content (AvgIpc) is 2.74. The van der Waals surface area contributed by atoms with Crippen LogP contribution in [0.4, 0.5) is 26.3 Å². The topological polar surface area (TPSA) is 36.4 Å². The molecular weight excluding hydrogens is 696 g/mol. The van der Waals surface area contributed by atoms with Gasteiger partial charge in [-0.05, 0) is 91.6 Å². The molecule has 0 aliphatic heterocycles. The van der Waals surface area contributed by atoms with E-state index in [1.807, 2.05) is 66.0 Å². The Hall–Kier alpha value is -1.92. The quantitative estimate of drug-likeness (QED) is 0.0855. The van der Waals surface area contributed by atoms with E-state index in [1.165, 1.54) is 24.3 Å². The number of hydrogen-bond acceptors (Lipinski definition) is 0. The lowest BCUT2D eigenvalue weighted by atomic mass is 9.85. The van der Waals surface area contributed by atoms with Crippen LogP contribution >= 0.6 is 45.2 Å². The Kier molecular flexibility index (Phi) is 7.79. The van der Waals surface area contributed by atoms with E-state index in [0.717, 1.165) is 5.56 Å². The Labute approximate surface area is 225 Å². The van der Waals surface area contributed by atoms with Gasteiger partial charge in [-0.2, -0.15) is 31.1 Å². The zero-order valence-electron chi connectivity index (χ0n) is 18.6. The molecule has 3 rings (SSSR count). The highest BCUT2D eigenvalue weighted by molar-refractivity contribution is 14.1. The lowest BCUT2D eigenvalue weighted by Crippen LogP contribution is -2.24. The van der Waals surface area contributed by atoms with Crippen molar-refractivity contribution in [3.63, 3.8) is 0 Å². The predicted octanol–water partition coefficient (Wildman–Crippen LogP) is 8.97. The van der Waals surface area contributed by atoms with Crippen molar-refractivity contribution in [1.29, 1.82) is 0 Å². The molecule has 0 N–H and O–H groups in total. The highest BCUT2D eigenvalue weighted by Crippen LogP contribution is 2.44. The third kappa shape index (κ3) is 5.91. The van der Waals surface area contributed by atoms with Gasteiger partial charge in [0.25, 0.3) is 0 Å². The minimum absolute atomic E-state index is 0.00911. The monoisotopic (exact) mass is 714 g/mol. The molecular formula is C25H18F6I2N2. The molecule has 0 aliphatic rings. The van der Waals surface area contributed by atoms with Crippen molar-refractivity contribution in [2.45, 2.75) is 38.5 Å². The average molecular weight is 714 g/mol. The molecule has 10 heteroatoms. The van der Waals surface area contributed by atoms with E-state index in [9.17, 15) is 31.9 Å². The molecule has 2 nitrogen and oxygen atoms in total. The second-order valence-corrected chi connectivity index (χ2v) is 11.1. The summed E-state index contributed by atoms with van der Waals surface area (Å²) in [7, 11) is 0. The number of halogens is 8. The number of alkyl halides is 6. The molecule has 3 aromatic rings. The van der Waals surface area contributed by atoms with E-state index in [0.29, 0.717) is 19.3 Å². The third-order valence-electron chi connectivity index (χ3n) is 5.34. The fraction of sp³-hybridized carbons (Fsp3) is 0.240. The summed E-state index contributed by atoms with van der Waals surface area (Å²) in [4.78, 5) is 3.00. The zero-order valence-corrected chi connectivity index (χ0v) is 22.9. The summed E-state index contributed by atoms with van der Waals surface area (Å²) in [6, 6.07) is 12.2. The van der Waals surface area contributed by atoms with E-state index in [4.69, 9.17) is 0 Å². The van der Waals surface area contributed by atoms with E-state index < -0.39 is 34.8 Å². The Morgan fingerprint density at radius 2 is 1.17 bits per heavy atom. The molecule has 0 saturated heterocycles. The summed E-state index contributed by atoms with van der Waals surface area (Å²) >= 11 is 3.68. The molecule has 0 aromatic heterocycles. The van der Waals surface area contributed by atoms with Crippen LogP contribution in [0, 0.1) is 7.14 Å². The molecule has 0 atom stereocenters. The lowest BCUT2D eigenvalue weighted by Gasteiger charge is -2.22. The van der Waals surface area contributed by atoms with E-state index in [1.54, 1.807) is 18.2 Å². The van der Waals surface area contributed by atoms with Crippen molar-refractivity contribution in [2.24, 2.45) is 0 Å². The van der Waals surface area contributed by atoms with Crippen LogP contribution in [-0.2, 0) is 17.8 Å². The van der Waals surface area contributed by atoms with Gasteiger partial charge in [-0.1, -0.05) is 51.1 Å². The summed E-state index contributed by atoms with van der Waals surface area (Å²) in [6.07, 6.45) is -10.3. The van der Waals surface area contributed by atoms with Crippen molar-refractivity contribution in [3.05, 3.63) is 95.1 Å². The first-order chi connectivity index (χ1) is 16.1. The smallest absolute Gasteiger partial charge is 0.361 e. The second kappa shape index (κ2) is 9.85. The molecule has 0 spiro atoms. The van der Waals surface area contributed by atoms with Crippen LogP contribution in [0.25, 0.3) is 16.7 Å². The molecule has 0 heterocycles. The van der Waals surface area contributed by atoms with Gasteiger partial charge in [-0.3, -0.25) is 0 Å². The number of benzene rings is 3. The minimum atomic E-state index is -5.15. The summed E-state index contributed by atoms with van der Waals surface area (Å²) in [5, 5.41) is 0. The van der Waals surface area contributed by atoms with Crippen molar-refractivity contribution < 1.29 is 31.1 Å². The SMILES string of the molecule is CC(C)(C)c1cc(I)c(C(=[N+]=[N-])c2c(C(F)(F)F)cc(-c3ccccc3)cc2C(F)(F)F)c(I)c1. The molecule has 0 radical (unpaired) electrons. The van der Waals surface area contributed by atoms with Gasteiger partial charge >= 0.3 is 18.1 Å². The zero-order chi connectivity index (χ0) is 26.3. The van der Waals surface area contributed by atoms with Gasteiger partial charge in [0.2, 0.25) is 0 Å². The van der Waals surface area contributed by atoms with Gasteiger partial charge < -0.3 is 5.53 Å². The summed E-state index contributed by atoms with van der Waals surface area (Å²) in [5.74, 6) is 0. The molecule has 35 heavy (non-hydrogen) atoms. The van der Waals surface area contributed by atoms with E-state index in [-0.39, 0.29) is 22.1 Å². The van der Waals surface area contributed by atoms with Crippen molar-refractivity contribution in [2.75, 3.05) is 0 Å². The summed E-state index contributed by atoms with van der Waals surface area (Å²) in [5.41, 5.74) is 5.19. The molecule has 0 saturated carbocycles. The van der Waals surface area contributed by atoms with Crippen molar-refractivity contribution >= 4 is 50.9 Å². The minimum Gasteiger partial charge on any atom is -0.361 e. The number of hydrogen-bond donors (Lipinski definition) is 0. The first-order valence-corrected chi connectivity index (χ1v) is 12.3. The molecule has 0 aliphatic carbocycles. The summed E-state index contributed by atoms with van der Waals surface area (Å²) in [6.45, 7) is 5.79. The number of rotatable bonds is 3. The van der Waals surface area contributed by atoms with Gasteiger partial charge in [-0.25, -0.2) is 0 Å². The highest BCUT2D eigenvalue weighted by atomic mass is 127. The summed E-state index contributed by atoms with van der Waals surface area (Å²) < 4.78 is 86.2. The Morgan fingerprint density at radius 1 is 0.714 bits per heavy atom. The van der Waals surface area contributed by atoms with Gasteiger partial charge in [0.1, 0.15) is 0 Å². The third-order valence-corrected chi connectivity index (χ3v) is 7.04. The fourth-order valence-corrected chi connectivity index (χ4v) is 5.88.